The maximum absolute atomic E-state index is 12.4. The molecule has 0 aromatic heterocycles. The smallest absolute Gasteiger partial charge is 0.336 e. The van der Waals surface area contributed by atoms with E-state index in [1.165, 1.54) is 0 Å². The van der Waals surface area contributed by atoms with Gasteiger partial charge in [-0.2, -0.15) is 8.42 Å². The number of carboxylic acids is 1. The van der Waals surface area contributed by atoms with Crippen LogP contribution >= 0.6 is 0 Å². The van der Waals surface area contributed by atoms with Gasteiger partial charge in [0.1, 0.15) is 17.3 Å². The van der Waals surface area contributed by atoms with Gasteiger partial charge in [0.25, 0.3) is 10.1 Å². The first-order valence-corrected chi connectivity index (χ1v) is 15.0. The summed E-state index contributed by atoms with van der Waals surface area (Å²) in [6.45, 7) is 10.2. The Morgan fingerprint density at radius 2 is 1.63 bits per heavy atom. The molecule has 41 heavy (non-hydrogen) atoms. The molecule has 2 aliphatic heterocycles. The Balaban J connectivity index is 1.73. The molecule has 3 aromatic rings. The first-order chi connectivity index (χ1) is 19.1. The lowest BCUT2D eigenvalue weighted by molar-refractivity contribution is 0.0696. The van der Waals surface area contributed by atoms with E-state index in [9.17, 15) is 22.9 Å². The van der Waals surface area contributed by atoms with Crippen LogP contribution in [0, 0.1) is 5.41 Å². The molecule has 8 heteroatoms. The highest BCUT2D eigenvalue weighted by atomic mass is 32.2. The summed E-state index contributed by atoms with van der Waals surface area (Å²) >= 11 is 0. The Bertz CT molecular complexity index is 1980. The molecule has 3 N–H and O–H groups in total. The fourth-order valence-corrected chi connectivity index (χ4v) is 6.92. The maximum Gasteiger partial charge on any atom is 0.336 e. The number of fused-ring (bicyclic) bond motifs is 4. The number of carbonyl (C=O) groups is 1. The molecular formula is C33H31NO6S. The highest BCUT2D eigenvalue weighted by molar-refractivity contribution is 7.86. The predicted octanol–water partition coefficient (Wildman–Crippen LogP) is 5.44. The Hall–Kier alpha value is -4.14. The first-order valence-electron chi connectivity index (χ1n) is 13.4. The van der Waals surface area contributed by atoms with Crippen LogP contribution in [-0.4, -0.2) is 35.3 Å². The topological polar surface area (TPSA) is 113 Å². The van der Waals surface area contributed by atoms with Crippen molar-refractivity contribution in [3.8, 4) is 11.5 Å². The van der Waals surface area contributed by atoms with Crippen molar-refractivity contribution in [2.75, 3.05) is 11.1 Å². The van der Waals surface area contributed by atoms with Crippen LogP contribution in [0.5, 0.6) is 11.5 Å². The lowest BCUT2D eigenvalue weighted by Gasteiger charge is -2.33. The van der Waals surface area contributed by atoms with E-state index in [4.69, 9.17) is 4.74 Å². The second kappa shape index (κ2) is 8.93. The maximum atomic E-state index is 12.4. The third-order valence-electron chi connectivity index (χ3n) is 7.67. The van der Waals surface area contributed by atoms with Crippen LogP contribution in [0.2, 0.25) is 0 Å². The number of aromatic carboxylic acids is 1. The largest absolute Gasteiger partial charge is 0.478 e. The fourth-order valence-electron chi connectivity index (χ4n) is 6.29. The zero-order valence-electron chi connectivity index (χ0n) is 23.5. The molecule has 0 unspecified atom stereocenters. The summed E-state index contributed by atoms with van der Waals surface area (Å²) < 4.78 is 40.3. The van der Waals surface area contributed by atoms with Crippen molar-refractivity contribution in [1.82, 2.24) is 0 Å². The van der Waals surface area contributed by atoms with E-state index in [-0.39, 0.29) is 11.1 Å². The minimum Gasteiger partial charge on any atom is -0.478 e. The average Bonchev–Trinajstić information content (AvgIpc) is 2.83. The number of benzene rings is 3. The van der Waals surface area contributed by atoms with Crippen LogP contribution in [0.3, 0.4) is 0 Å². The molecule has 210 valence electrons. The molecule has 3 aromatic carbocycles. The van der Waals surface area contributed by atoms with Crippen LogP contribution in [0.25, 0.3) is 22.8 Å². The van der Waals surface area contributed by atoms with E-state index >= 15 is 0 Å². The molecule has 1 aliphatic carbocycles. The highest BCUT2D eigenvalue weighted by Gasteiger charge is 2.30. The number of hydrogen-bond acceptors (Lipinski definition) is 5. The Morgan fingerprint density at radius 1 is 0.902 bits per heavy atom. The molecule has 0 bridgehead atoms. The van der Waals surface area contributed by atoms with Crippen LogP contribution in [0.15, 0.2) is 60.7 Å². The summed E-state index contributed by atoms with van der Waals surface area (Å²) in [5.74, 6) is -0.463. The van der Waals surface area contributed by atoms with E-state index in [0.29, 0.717) is 39.0 Å². The van der Waals surface area contributed by atoms with Crippen LogP contribution in [0.1, 0.15) is 67.2 Å². The van der Waals surface area contributed by atoms with Gasteiger partial charge in [0, 0.05) is 39.1 Å². The summed E-state index contributed by atoms with van der Waals surface area (Å²) in [7, 11) is -4.31. The number of nitrogens with one attached hydrogen (secondary N) is 1. The Morgan fingerprint density at radius 3 is 2.34 bits per heavy atom. The minimum atomic E-state index is -4.31. The lowest BCUT2D eigenvalue weighted by Crippen LogP contribution is -2.32. The van der Waals surface area contributed by atoms with Crippen molar-refractivity contribution < 1.29 is 27.6 Å². The van der Waals surface area contributed by atoms with E-state index in [2.05, 4.69) is 32.2 Å². The van der Waals surface area contributed by atoms with E-state index in [0.717, 1.165) is 27.6 Å². The molecule has 0 saturated heterocycles. The van der Waals surface area contributed by atoms with Gasteiger partial charge in [-0.1, -0.05) is 50.3 Å². The summed E-state index contributed by atoms with van der Waals surface area (Å²) in [6, 6.07) is 14.6. The van der Waals surface area contributed by atoms with Gasteiger partial charge < -0.3 is 15.2 Å². The number of rotatable bonds is 4. The van der Waals surface area contributed by atoms with Crippen LogP contribution in [-0.2, 0) is 10.1 Å². The van der Waals surface area contributed by atoms with Crippen molar-refractivity contribution in [3.05, 3.63) is 98.9 Å². The molecule has 2 heterocycles. The van der Waals surface area contributed by atoms with Gasteiger partial charge in [0.05, 0.1) is 11.1 Å². The summed E-state index contributed by atoms with van der Waals surface area (Å²) in [5, 5.41) is 15.1. The molecule has 0 amide bonds. The Kier molecular flexibility index (Phi) is 5.89. The fraction of sp³-hybridized carbons (Fsp3) is 0.242. The van der Waals surface area contributed by atoms with Crippen molar-refractivity contribution in [2.45, 2.75) is 40.2 Å². The molecule has 6 rings (SSSR count). The predicted molar refractivity (Wildman–Crippen MR) is 161 cm³/mol. The standard InChI is InChI=1S/C33H31NO6S/c1-18-14-33(4,5)34-27-13-29-25(11-23(18)27)30(21-8-6-7-9-22(21)31(35)36)26-12-24-19(10-28(26)40-29)15-32(2,3)16-20(24)17-41(37,38)39/h6-16,34H,17H2,1-5H3,(H,35,36)(H,37,38,39). The third-order valence-corrected chi connectivity index (χ3v) is 8.35. The molecule has 0 spiro atoms. The van der Waals surface area contributed by atoms with Crippen molar-refractivity contribution >= 4 is 44.6 Å². The summed E-state index contributed by atoms with van der Waals surface area (Å²) in [6.07, 6.45) is 6.03. The molecule has 0 atom stereocenters. The normalized spacial score (nSPS) is 17.8. The first kappa shape index (κ1) is 27.1. The van der Waals surface area contributed by atoms with E-state index in [1.54, 1.807) is 24.3 Å². The average molecular weight is 570 g/mol. The van der Waals surface area contributed by atoms with E-state index < -0.39 is 27.3 Å². The Labute approximate surface area is 238 Å². The van der Waals surface area contributed by atoms with Gasteiger partial charge in [-0.25, -0.2) is 4.79 Å². The van der Waals surface area contributed by atoms with Crippen LogP contribution in [0.4, 0.5) is 5.69 Å². The summed E-state index contributed by atoms with van der Waals surface area (Å²) in [5.41, 5.74) is 5.49. The van der Waals surface area contributed by atoms with Gasteiger partial charge in [0.15, 0.2) is 0 Å². The molecule has 7 nitrogen and oxygen atoms in total. The quantitative estimate of drug-likeness (QED) is 0.281. The second-order valence-corrected chi connectivity index (χ2v) is 13.6. The van der Waals surface area contributed by atoms with Gasteiger partial charge in [-0.15, -0.1) is 0 Å². The van der Waals surface area contributed by atoms with Crippen molar-refractivity contribution in [1.29, 1.82) is 0 Å². The second-order valence-electron chi connectivity index (χ2n) is 12.2. The van der Waals surface area contributed by atoms with Gasteiger partial charge in [-0.3, -0.25) is 4.55 Å². The number of allylic oxidation sites excluding steroid dienone is 2. The van der Waals surface area contributed by atoms with Gasteiger partial charge >= 0.3 is 5.97 Å². The molecule has 3 aliphatic rings. The summed E-state index contributed by atoms with van der Waals surface area (Å²) in [4.78, 5) is 12.4. The number of anilines is 1. The highest BCUT2D eigenvalue weighted by Crippen LogP contribution is 2.44. The molecular weight excluding hydrogens is 538 g/mol. The van der Waals surface area contributed by atoms with Gasteiger partial charge in [0.2, 0.25) is 0 Å². The van der Waals surface area contributed by atoms with Crippen LogP contribution < -0.4 is 20.5 Å². The van der Waals surface area contributed by atoms with Crippen molar-refractivity contribution in [2.24, 2.45) is 5.41 Å². The SMILES string of the molecule is CC1=CC(C)(C)Nc2cc3c(cc21)C(c1ccccc1C(=O)O)=c1cc2c(cc1O3)=CC(C)(C)C=C2CS(=O)(=O)O. The van der Waals surface area contributed by atoms with Crippen molar-refractivity contribution in [3.63, 3.8) is 0 Å². The third kappa shape index (κ3) is 4.87. The monoisotopic (exact) mass is 569 g/mol. The number of ether oxygens (including phenoxy) is 1. The zero-order chi connectivity index (χ0) is 29.5. The zero-order valence-corrected chi connectivity index (χ0v) is 24.3. The number of carboxylic acid groups (broad SMARTS) is 1. The molecule has 0 radical (unpaired) electrons. The lowest BCUT2D eigenvalue weighted by atomic mass is 9.81. The molecule has 0 fully saturated rings. The van der Waals surface area contributed by atoms with Gasteiger partial charge in [-0.05, 0) is 72.5 Å². The van der Waals surface area contributed by atoms with E-state index in [1.807, 2.05) is 50.3 Å². The minimum absolute atomic E-state index is 0.143. The molecule has 0 saturated carbocycles. The number of hydrogen-bond donors (Lipinski definition) is 3.